The Morgan fingerprint density at radius 2 is 1.09 bits per heavy atom. The molecule has 5 heterocycles. The van der Waals surface area contributed by atoms with Crippen LogP contribution in [0.15, 0.2) is 49.6 Å². The fraction of sp³-hybridized carbons (Fsp3) is 0.235. The van der Waals surface area contributed by atoms with Gasteiger partial charge in [0.15, 0.2) is 0 Å². The van der Waals surface area contributed by atoms with Crippen LogP contribution in [0.25, 0.3) is 44.4 Å². The quantitative estimate of drug-likeness (QED) is 0.330. The molecule has 227 valence electrons. The molecule has 8 bridgehead atoms. The van der Waals surface area contributed by atoms with Crippen LogP contribution in [-0.2, 0) is 39.5 Å². The summed E-state index contributed by atoms with van der Waals surface area (Å²) in [4.78, 5) is 42.4. The first kappa shape index (κ1) is 34.3. The zero-order chi connectivity index (χ0) is 30.3. The molecule has 44 heavy (non-hydrogen) atoms. The van der Waals surface area contributed by atoms with Crippen molar-refractivity contribution in [1.82, 2.24) is 19.9 Å². The van der Waals surface area contributed by atoms with E-state index in [9.17, 15) is 19.8 Å². The zero-order valence-electron chi connectivity index (χ0n) is 26.9. The van der Waals surface area contributed by atoms with Gasteiger partial charge in [-0.25, -0.2) is 9.97 Å². The summed E-state index contributed by atoms with van der Waals surface area (Å²) in [5.74, 6) is -2.31. The predicted octanol–water partition coefficient (Wildman–Crippen LogP) is 1.01. The van der Waals surface area contributed by atoms with Gasteiger partial charge in [-0.1, -0.05) is 65.8 Å². The summed E-state index contributed by atoms with van der Waals surface area (Å²) in [5, 5.41) is 22.8. The Labute approximate surface area is 275 Å². The molecule has 0 spiro atoms. The molecule has 0 atom stereocenters. The van der Waals surface area contributed by atoms with Crippen LogP contribution in [0.2, 0.25) is 0 Å². The summed E-state index contributed by atoms with van der Waals surface area (Å²) in [6.45, 7) is 15.8. The minimum atomic E-state index is -1.15. The fourth-order valence-electron chi connectivity index (χ4n) is 5.60. The predicted molar refractivity (Wildman–Crippen MR) is 163 cm³/mol. The summed E-state index contributed by atoms with van der Waals surface area (Å²) in [6.07, 6.45) is 3.67. The standard InChI is InChI=1S/C34H34N4O4.ClH.Fe/c1-7-21-17(3)25-13-27-19(5)23(9-11-33(39)40)31(37-27)16-32-24(10-12-34(41)42)20(6)28(38-32)14-26-18(4)22(8-2)30(36-26)15-29(21)35-25;;/h7-8,13-16H,1-2,9-12H2,3-6H3,(H4,35,36,37,38,39,40,41,42);1H;/q;;+3/p-3. The van der Waals surface area contributed by atoms with Gasteiger partial charge in [0.2, 0.25) is 0 Å². The number of nitrogens with zero attached hydrogens (tertiary/aromatic N) is 4. The topological polar surface area (TPSA) is 134 Å². The molecular formula is C34H32ClFeN4O4. The molecule has 3 aromatic heterocycles. The molecule has 2 aliphatic heterocycles. The van der Waals surface area contributed by atoms with Crippen molar-refractivity contribution in [2.75, 3.05) is 0 Å². The summed E-state index contributed by atoms with van der Waals surface area (Å²) >= 11 is 0. The Kier molecular flexibility index (Phi) is 10.6. The normalized spacial score (nSPS) is 12.5. The van der Waals surface area contributed by atoms with E-state index in [1.807, 2.05) is 45.9 Å². The Bertz CT molecular complexity index is 1810. The fourth-order valence-corrected chi connectivity index (χ4v) is 5.60. The Hall–Kier alpha value is -4.17. The van der Waals surface area contributed by atoms with Crippen LogP contribution in [0.4, 0.5) is 0 Å². The van der Waals surface area contributed by atoms with Gasteiger partial charge in [0.1, 0.15) is 0 Å². The maximum Gasteiger partial charge on any atom is 3.00 e. The largest absolute Gasteiger partial charge is 3.00 e. The van der Waals surface area contributed by atoms with Crippen LogP contribution in [0.1, 0.15) is 74.6 Å². The van der Waals surface area contributed by atoms with Gasteiger partial charge in [0, 0.05) is 23.1 Å². The van der Waals surface area contributed by atoms with E-state index in [1.54, 1.807) is 18.2 Å². The molecule has 10 heteroatoms. The molecule has 0 unspecified atom stereocenters. The number of aliphatic carboxylic acids is 2. The second-order valence-electron chi connectivity index (χ2n) is 10.5. The summed E-state index contributed by atoms with van der Waals surface area (Å²) < 4.78 is 0. The number of hydrogen-bond acceptors (Lipinski definition) is 6. The first-order chi connectivity index (χ1) is 20.0. The molecule has 0 aromatic carbocycles. The molecule has 0 saturated heterocycles. The zero-order valence-corrected chi connectivity index (χ0v) is 26.7. The van der Waals surface area contributed by atoms with E-state index >= 15 is 0 Å². The van der Waals surface area contributed by atoms with E-state index in [4.69, 9.17) is 19.9 Å². The number of carbonyl (C=O) groups is 2. The molecule has 0 amide bonds. The van der Waals surface area contributed by atoms with Crippen molar-refractivity contribution < 1.29 is 52.1 Å². The maximum absolute atomic E-state index is 11.4. The van der Waals surface area contributed by atoms with Gasteiger partial charge < -0.3 is 42.2 Å². The Morgan fingerprint density at radius 1 is 0.705 bits per heavy atom. The van der Waals surface area contributed by atoms with Crippen LogP contribution in [0, 0.1) is 13.8 Å². The molecule has 0 fully saturated rings. The maximum atomic E-state index is 11.4. The van der Waals surface area contributed by atoms with Gasteiger partial charge in [-0.2, -0.15) is 0 Å². The molecule has 3 aromatic rings. The molecule has 5 rings (SSSR count). The molecule has 2 aliphatic rings. The van der Waals surface area contributed by atoms with Crippen LogP contribution < -0.4 is 32.6 Å². The number of carboxylic acid groups (broad SMARTS) is 2. The van der Waals surface area contributed by atoms with E-state index in [0.29, 0.717) is 22.1 Å². The van der Waals surface area contributed by atoms with Crippen molar-refractivity contribution in [1.29, 1.82) is 0 Å². The van der Waals surface area contributed by atoms with Gasteiger partial charge in [-0.3, -0.25) is 0 Å². The van der Waals surface area contributed by atoms with Gasteiger partial charge in [0.05, 0.1) is 22.8 Å². The van der Waals surface area contributed by atoms with Crippen molar-refractivity contribution in [2.45, 2.75) is 53.4 Å². The van der Waals surface area contributed by atoms with Crippen LogP contribution in [-0.4, -0.2) is 21.9 Å². The van der Waals surface area contributed by atoms with Crippen LogP contribution >= 0.6 is 0 Å². The third-order valence-electron chi connectivity index (χ3n) is 8.04. The molecule has 0 aliphatic carbocycles. The Balaban J connectivity index is 0.00000264. The van der Waals surface area contributed by atoms with E-state index in [0.717, 1.165) is 67.3 Å². The smallest absolute Gasteiger partial charge is 1.00 e. The number of carboxylic acids is 2. The van der Waals surface area contributed by atoms with E-state index < -0.39 is 11.9 Å². The average molecular weight is 652 g/mol. The van der Waals surface area contributed by atoms with Crippen molar-refractivity contribution in [2.24, 2.45) is 0 Å². The molecule has 0 saturated carbocycles. The number of aryl methyl sites for hydroxylation is 4. The summed E-state index contributed by atoms with van der Waals surface area (Å²) in [7, 11) is 0. The Morgan fingerprint density at radius 3 is 1.43 bits per heavy atom. The second kappa shape index (κ2) is 13.6. The van der Waals surface area contributed by atoms with Crippen LogP contribution in [0.5, 0.6) is 0 Å². The molecular weight excluding hydrogens is 620 g/mol. The van der Waals surface area contributed by atoms with Gasteiger partial charge in [-0.05, 0) is 70.6 Å². The summed E-state index contributed by atoms with van der Waals surface area (Å²) in [5.41, 5.74) is 12.2. The van der Waals surface area contributed by atoms with E-state index in [1.165, 1.54) is 0 Å². The van der Waals surface area contributed by atoms with Gasteiger partial charge in [-0.15, -0.1) is 22.1 Å². The van der Waals surface area contributed by atoms with Crippen molar-refractivity contribution >= 4 is 56.3 Å². The average Bonchev–Trinajstić information content (AvgIpc) is 3.59. The van der Waals surface area contributed by atoms with Crippen molar-refractivity contribution in [3.8, 4) is 0 Å². The number of fused-ring (bicyclic) bond motifs is 8. The monoisotopic (exact) mass is 651 g/mol. The number of allylic oxidation sites excluding steroid dienone is 6. The first-order valence-electron chi connectivity index (χ1n) is 13.7. The number of halogens is 1. The van der Waals surface area contributed by atoms with Gasteiger partial charge >= 0.3 is 19.9 Å². The van der Waals surface area contributed by atoms with Gasteiger partial charge in [0.25, 0.3) is 0 Å². The SMILES string of the molecule is C=CC1=C(C)c2cc3[n-]c(cc4[n-]c(cc5nc(cc1n2)C(C=C)=C5C)c(C)c4CCC(=O)[O-])c(CCC(=O)[O-])c3C.[Cl-].[Fe+3].[H+].[H+]. The third kappa shape index (κ3) is 6.36. The number of hydrogen-bond donors (Lipinski definition) is 0. The minimum absolute atomic E-state index is 0. The molecule has 8 nitrogen and oxygen atoms in total. The molecule has 0 N–H and O–H groups in total. The van der Waals surface area contributed by atoms with Crippen molar-refractivity contribution in [3.05, 3.63) is 94.6 Å². The van der Waals surface area contributed by atoms with Crippen molar-refractivity contribution in [3.63, 3.8) is 0 Å². The number of rotatable bonds is 8. The third-order valence-corrected chi connectivity index (χ3v) is 8.04. The van der Waals surface area contributed by atoms with Crippen LogP contribution in [0.3, 0.4) is 0 Å². The van der Waals surface area contributed by atoms with E-state index in [-0.39, 0.29) is 58.0 Å². The first-order valence-corrected chi connectivity index (χ1v) is 13.7. The van der Waals surface area contributed by atoms with E-state index in [2.05, 4.69) is 13.2 Å². The number of carbonyl (C=O) groups excluding carboxylic acids is 2. The second-order valence-corrected chi connectivity index (χ2v) is 10.5. The number of aromatic nitrogens is 4. The summed E-state index contributed by atoms with van der Waals surface area (Å²) in [6, 6.07) is 7.52. The minimum Gasteiger partial charge on any atom is -1.00 e. The molecule has 1 radical (unpaired) electrons.